The molecule has 34 heavy (non-hydrogen) atoms. The summed E-state index contributed by atoms with van der Waals surface area (Å²) in [5, 5.41) is 4.48. The molecule has 1 aromatic carbocycles. The van der Waals surface area contributed by atoms with E-state index < -0.39 is 0 Å². The zero-order valence-electron chi connectivity index (χ0n) is 20.8. The van der Waals surface area contributed by atoms with Gasteiger partial charge in [0.25, 0.3) is 0 Å². The minimum absolute atomic E-state index is 0.670. The quantitative estimate of drug-likeness (QED) is 0.582. The monoisotopic (exact) mass is 469 g/mol. The van der Waals surface area contributed by atoms with Crippen LogP contribution in [-0.4, -0.2) is 113 Å². The second-order valence-electron chi connectivity index (χ2n) is 9.65. The Balaban J connectivity index is 1.36. The summed E-state index contributed by atoms with van der Waals surface area (Å²) < 4.78 is 12.0. The number of aromatic nitrogens is 2. The summed E-state index contributed by atoms with van der Waals surface area (Å²) in [5.41, 5.74) is 0.931. The first-order chi connectivity index (χ1) is 16.7. The molecule has 5 rings (SSSR count). The second-order valence-corrected chi connectivity index (χ2v) is 9.65. The SMILES string of the molecule is COc1cc2c(N3CCNCC3)nc(N3CCCC3)nc2cc1OCCCN1CCN(C)CC1. The van der Waals surface area contributed by atoms with Gasteiger partial charge in [0.2, 0.25) is 5.95 Å². The molecule has 3 aliphatic rings. The van der Waals surface area contributed by atoms with Gasteiger partial charge in [-0.15, -0.1) is 0 Å². The van der Waals surface area contributed by atoms with Gasteiger partial charge in [0.15, 0.2) is 11.5 Å². The van der Waals surface area contributed by atoms with E-state index in [0.29, 0.717) is 6.61 Å². The van der Waals surface area contributed by atoms with E-state index >= 15 is 0 Å². The number of nitrogens with zero attached hydrogens (tertiary/aromatic N) is 6. The largest absolute Gasteiger partial charge is 0.493 e. The number of ether oxygens (including phenoxy) is 2. The van der Waals surface area contributed by atoms with Crippen molar-refractivity contribution in [1.82, 2.24) is 25.1 Å². The van der Waals surface area contributed by atoms with Crippen molar-refractivity contribution in [3.63, 3.8) is 0 Å². The van der Waals surface area contributed by atoms with E-state index in [2.05, 4.69) is 44.1 Å². The lowest BCUT2D eigenvalue weighted by Gasteiger charge is -2.32. The molecule has 0 saturated carbocycles. The molecular weight excluding hydrogens is 430 g/mol. The molecule has 186 valence electrons. The number of fused-ring (bicyclic) bond motifs is 1. The first kappa shape index (κ1) is 23.4. The summed E-state index contributed by atoms with van der Waals surface area (Å²) in [6, 6.07) is 4.12. The van der Waals surface area contributed by atoms with E-state index in [1.165, 1.54) is 12.8 Å². The molecule has 0 atom stereocenters. The van der Waals surface area contributed by atoms with Crippen molar-refractivity contribution < 1.29 is 9.47 Å². The lowest BCUT2D eigenvalue weighted by molar-refractivity contribution is 0.145. The normalized spacial score (nSPS) is 20.3. The van der Waals surface area contributed by atoms with Crippen LogP contribution in [0.4, 0.5) is 11.8 Å². The van der Waals surface area contributed by atoms with Gasteiger partial charge in [0.05, 0.1) is 19.2 Å². The van der Waals surface area contributed by atoms with Gasteiger partial charge in [-0.25, -0.2) is 4.98 Å². The van der Waals surface area contributed by atoms with Crippen molar-refractivity contribution in [2.45, 2.75) is 19.3 Å². The minimum Gasteiger partial charge on any atom is -0.493 e. The standard InChI is InChI=1S/C25H39N7O2/c1-29-13-15-30(16-14-29)8-5-17-34-23-19-21-20(18-22(23)33-2)24(31-11-6-26-7-12-31)28-25(27-21)32-9-3-4-10-32/h18-19,26H,3-17H2,1-2H3. The highest BCUT2D eigenvalue weighted by atomic mass is 16.5. The van der Waals surface area contributed by atoms with Crippen LogP contribution in [0.5, 0.6) is 11.5 Å². The average molecular weight is 470 g/mol. The van der Waals surface area contributed by atoms with Crippen molar-refractivity contribution >= 4 is 22.7 Å². The molecule has 3 aliphatic heterocycles. The van der Waals surface area contributed by atoms with Crippen LogP contribution < -0.4 is 24.6 Å². The number of anilines is 2. The van der Waals surface area contributed by atoms with Gasteiger partial charge in [-0.1, -0.05) is 0 Å². The van der Waals surface area contributed by atoms with Crippen molar-refractivity contribution in [3.05, 3.63) is 12.1 Å². The maximum absolute atomic E-state index is 6.24. The summed E-state index contributed by atoms with van der Waals surface area (Å²) in [7, 11) is 3.90. The number of methoxy groups -OCH3 is 1. The van der Waals surface area contributed by atoms with Crippen molar-refractivity contribution in [1.29, 1.82) is 0 Å². The maximum atomic E-state index is 6.24. The number of benzene rings is 1. The third-order valence-corrected chi connectivity index (χ3v) is 7.23. The Hall–Kier alpha value is -2.36. The van der Waals surface area contributed by atoms with Crippen LogP contribution in [0.1, 0.15) is 19.3 Å². The highest BCUT2D eigenvalue weighted by Gasteiger charge is 2.23. The highest BCUT2D eigenvalue weighted by Crippen LogP contribution is 2.37. The summed E-state index contributed by atoms with van der Waals surface area (Å²) in [6.45, 7) is 12.2. The van der Waals surface area contributed by atoms with Gasteiger partial charge in [-0.3, -0.25) is 0 Å². The van der Waals surface area contributed by atoms with Gasteiger partial charge in [-0.05, 0) is 32.4 Å². The van der Waals surface area contributed by atoms with Gasteiger partial charge < -0.3 is 34.4 Å². The molecule has 0 bridgehead atoms. The van der Waals surface area contributed by atoms with E-state index in [1.54, 1.807) is 7.11 Å². The molecule has 0 aliphatic carbocycles. The van der Waals surface area contributed by atoms with E-state index in [4.69, 9.17) is 19.4 Å². The molecule has 9 nitrogen and oxygen atoms in total. The summed E-state index contributed by atoms with van der Waals surface area (Å²) in [6.07, 6.45) is 3.41. The molecule has 4 heterocycles. The Morgan fingerprint density at radius 2 is 1.65 bits per heavy atom. The molecular formula is C25H39N7O2. The minimum atomic E-state index is 0.670. The second kappa shape index (κ2) is 10.9. The predicted molar refractivity (Wildman–Crippen MR) is 137 cm³/mol. The number of hydrogen-bond acceptors (Lipinski definition) is 9. The Morgan fingerprint density at radius 1 is 0.882 bits per heavy atom. The van der Waals surface area contributed by atoms with Gasteiger partial charge in [0, 0.05) is 83.4 Å². The Kier molecular flexibility index (Phi) is 7.51. The Bertz CT molecular complexity index is 952. The molecule has 3 saturated heterocycles. The average Bonchev–Trinajstić information content (AvgIpc) is 3.42. The molecule has 0 radical (unpaired) electrons. The summed E-state index contributed by atoms with van der Waals surface area (Å²) >= 11 is 0. The lowest BCUT2D eigenvalue weighted by Crippen LogP contribution is -2.44. The fraction of sp³-hybridized carbons (Fsp3) is 0.680. The van der Waals surface area contributed by atoms with Crippen LogP contribution in [-0.2, 0) is 0 Å². The lowest BCUT2D eigenvalue weighted by atomic mass is 10.2. The van der Waals surface area contributed by atoms with Crippen molar-refractivity contribution in [3.8, 4) is 11.5 Å². The van der Waals surface area contributed by atoms with Crippen LogP contribution >= 0.6 is 0 Å². The molecule has 1 aromatic heterocycles. The fourth-order valence-electron chi connectivity index (χ4n) is 5.10. The first-order valence-corrected chi connectivity index (χ1v) is 12.9. The van der Waals surface area contributed by atoms with Gasteiger partial charge in [-0.2, -0.15) is 4.98 Å². The molecule has 9 heteroatoms. The number of likely N-dealkylation sites (N-methyl/N-ethyl adjacent to an activating group) is 1. The van der Waals surface area contributed by atoms with Crippen molar-refractivity contribution in [2.75, 3.05) is 103 Å². The molecule has 3 fully saturated rings. The zero-order valence-corrected chi connectivity index (χ0v) is 20.8. The Morgan fingerprint density at radius 3 is 2.38 bits per heavy atom. The molecule has 0 unspecified atom stereocenters. The maximum Gasteiger partial charge on any atom is 0.227 e. The number of rotatable bonds is 8. The number of piperazine rings is 2. The van der Waals surface area contributed by atoms with E-state index in [0.717, 1.165) is 113 Å². The zero-order chi connectivity index (χ0) is 23.3. The summed E-state index contributed by atoms with van der Waals surface area (Å²) in [4.78, 5) is 19.6. The topological polar surface area (TPSA) is 69.2 Å². The fourth-order valence-corrected chi connectivity index (χ4v) is 5.10. The molecule has 0 spiro atoms. The van der Waals surface area contributed by atoms with Gasteiger partial charge in [0.1, 0.15) is 5.82 Å². The Labute approximate surface area is 203 Å². The van der Waals surface area contributed by atoms with E-state index in [1.807, 2.05) is 0 Å². The van der Waals surface area contributed by atoms with E-state index in [9.17, 15) is 0 Å². The van der Waals surface area contributed by atoms with Crippen LogP contribution in [0.3, 0.4) is 0 Å². The predicted octanol–water partition coefficient (Wildman–Crippen LogP) is 1.66. The number of hydrogen-bond donors (Lipinski definition) is 1. The van der Waals surface area contributed by atoms with E-state index in [-0.39, 0.29) is 0 Å². The third kappa shape index (κ3) is 5.31. The van der Waals surface area contributed by atoms with Crippen LogP contribution in [0.2, 0.25) is 0 Å². The van der Waals surface area contributed by atoms with Crippen LogP contribution in [0.25, 0.3) is 10.9 Å². The highest BCUT2D eigenvalue weighted by molar-refractivity contribution is 5.93. The molecule has 2 aromatic rings. The van der Waals surface area contributed by atoms with Crippen LogP contribution in [0.15, 0.2) is 12.1 Å². The smallest absolute Gasteiger partial charge is 0.227 e. The summed E-state index contributed by atoms with van der Waals surface area (Å²) in [5.74, 6) is 3.37. The van der Waals surface area contributed by atoms with Crippen LogP contribution in [0, 0.1) is 0 Å². The first-order valence-electron chi connectivity index (χ1n) is 12.9. The molecule has 0 amide bonds. The van der Waals surface area contributed by atoms with Gasteiger partial charge >= 0.3 is 0 Å². The third-order valence-electron chi connectivity index (χ3n) is 7.23. The van der Waals surface area contributed by atoms with Crippen molar-refractivity contribution in [2.24, 2.45) is 0 Å². The molecule has 1 N–H and O–H groups in total. The number of nitrogens with one attached hydrogen (secondary N) is 1.